The van der Waals surface area contributed by atoms with Crippen LogP contribution in [-0.4, -0.2) is 33.1 Å². The quantitative estimate of drug-likeness (QED) is 0.606. The second-order valence-electron chi connectivity index (χ2n) is 4.33. The number of carbonyl (C=O) groups excluding carboxylic acids is 1. The van der Waals surface area contributed by atoms with Crippen LogP contribution in [-0.2, 0) is 4.79 Å². The van der Waals surface area contributed by atoms with E-state index in [1.165, 1.54) is 4.68 Å². The third-order valence-corrected chi connectivity index (χ3v) is 3.80. The lowest BCUT2D eigenvalue weighted by Gasteiger charge is -2.25. The van der Waals surface area contributed by atoms with Crippen LogP contribution in [0.15, 0.2) is 29.4 Å². The van der Waals surface area contributed by atoms with E-state index in [1.807, 2.05) is 24.3 Å². The topological polar surface area (TPSA) is 118 Å². The first-order chi connectivity index (χ1) is 10.1. The third-order valence-electron chi connectivity index (χ3n) is 2.83. The summed E-state index contributed by atoms with van der Waals surface area (Å²) in [5.41, 5.74) is 5.09. The molecule has 21 heavy (non-hydrogen) atoms. The molecule has 0 saturated heterocycles. The van der Waals surface area contributed by atoms with Crippen molar-refractivity contribution < 1.29 is 14.3 Å². The number of benzene rings is 1. The molecule has 1 aromatic carbocycles. The maximum absolute atomic E-state index is 10.8. The van der Waals surface area contributed by atoms with Gasteiger partial charge in [0.15, 0.2) is 23.4 Å². The molecule has 3 rings (SSSR count). The van der Waals surface area contributed by atoms with Crippen molar-refractivity contribution in [1.29, 1.82) is 0 Å². The molecule has 2 aromatic rings. The van der Waals surface area contributed by atoms with E-state index in [-0.39, 0.29) is 12.4 Å². The number of para-hydroxylation sites is 2. The summed E-state index contributed by atoms with van der Waals surface area (Å²) in [4.78, 5) is 10.8. The molecule has 110 valence electrons. The van der Waals surface area contributed by atoms with Gasteiger partial charge in [-0.2, -0.15) is 0 Å². The number of thioether (sulfide) groups is 1. The van der Waals surface area contributed by atoms with Crippen LogP contribution >= 0.6 is 11.8 Å². The molecular formula is C12H13N5O3S. The number of ether oxygens (including phenoxy) is 2. The molecule has 0 radical (unpaired) electrons. The number of hydrogen-bond acceptors (Lipinski definition) is 7. The first-order valence-electron chi connectivity index (χ1n) is 6.15. The molecule has 8 nitrogen and oxygen atoms in total. The maximum Gasteiger partial charge on any atom is 0.227 e. The molecule has 1 amide bonds. The number of fused-ring (bicyclic) bond motifs is 1. The summed E-state index contributed by atoms with van der Waals surface area (Å²) >= 11 is 1.12. The molecular weight excluding hydrogens is 294 g/mol. The van der Waals surface area contributed by atoms with Crippen LogP contribution < -0.4 is 21.1 Å². The van der Waals surface area contributed by atoms with E-state index < -0.39 is 12.0 Å². The summed E-state index contributed by atoms with van der Waals surface area (Å²) in [6.45, 7) is 0.285. The monoisotopic (exact) mass is 307 g/mol. The lowest BCUT2D eigenvalue weighted by atomic mass is 10.2. The molecule has 0 fully saturated rings. The molecule has 0 unspecified atom stereocenters. The lowest BCUT2D eigenvalue weighted by Crippen LogP contribution is -2.27. The molecule has 1 aliphatic heterocycles. The highest BCUT2D eigenvalue weighted by molar-refractivity contribution is 7.99. The SMILES string of the molecule is NC(=O)CSc1nnc([C@H]2COc3ccccc3O2)n1N. The first-order valence-corrected chi connectivity index (χ1v) is 7.13. The zero-order chi connectivity index (χ0) is 14.8. The fraction of sp³-hybridized carbons (Fsp3) is 0.250. The smallest absolute Gasteiger partial charge is 0.227 e. The van der Waals surface area contributed by atoms with Crippen molar-refractivity contribution in [1.82, 2.24) is 14.9 Å². The maximum atomic E-state index is 10.8. The van der Waals surface area contributed by atoms with Gasteiger partial charge in [-0.25, -0.2) is 4.68 Å². The second-order valence-corrected chi connectivity index (χ2v) is 5.27. The highest BCUT2D eigenvalue weighted by Gasteiger charge is 2.28. The highest BCUT2D eigenvalue weighted by Crippen LogP contribution is 2.35. The Balaban J connectivity index is 1.78. The molecule has 1 aromatic heterocycles. The highest BCUT2D eigenvalue weighted by atomic mass is 32.2. The number of nitrogens with zero attached hydrogens (tertiary/aromatic N) is 3. The molecule has 2 heterocycles. The zero-order valence-corrected chi connectivity index (χ0v) is 11.7. The average molecular weight is 307 g/mol. The minimum absolute atomic E-state index is 0.0835. The molecule has 1 aliphatic rings. The van der Waals surface area contributed by atoms with Gasteiger partial charge in [-0.1, -0.05) is 23.9 Å². The third kappa shape index (κ3) is 2.72. The number of rotatable bonds is 4. The number of nitrogens with two attached hydrogens (primary N) is 2. The van der Waals surface area contributed by atoms with Crippen molar-refractivity contribution in [2.45, 2.75) is 11.3 Å². The van der Waals surface area contributed by atoms with Crippen LogP contribution in [0.4, 0.5) is 0 Å². The number of primary amides is 1. The molecule has 0 saturated carbocycles. The van der Waals surface area contributed by atoms with Crippen LogP contribution in [0, 0.1) is 0 Å². The van der Waals surface area contributed by atoms with Gasteiger partial charge in [0.1, 0.15) is 6.61 Å². The van der Waals surface area contributed by atoms with Gasteiger partial charge >= 0.3 is 0 Å². The molecule has 0 spiro atoms. The molecule has 4 N–H and O–H groups in total. The predicted molar refractivity (Wildman–Crippen MR) is 75.4 cm³/mol. The van der Waals surface area contributed by atoms with Crippen LogP contribution in [0.3, 0.4) is 0 Å². The normalized spacial score (nSPS) is 16.7. The number of carbonyl (C=O) groups is 1. The number of aromatic nitrogens is 3. The Kier molecular flexibility index (Phi) is 3.57. The van der Waals surface area contributed by atoms with E-state index in [9.17, 15) is 4.79 Å². The minimum atomic E-state index is -0.458. The molecule has 0 bridgehead atoms. The number of hydrogen-bond donors (Lipinski definition) is 2. The van der Waals surface area contributed by atoms with Gasteiger partial charge < -0.3 is 21.1 Å². The molecule has 0 aliphatic carbocycles. The summed E-state index contributed by atoms with van der Waals surface area (Å²) < 4.78 is 12.7. The summed E-state index contributed by atoms with van der Waals surface area (Å²) in [5.74, 6) is 7.29. The fourth-order valence-electron chi connectivity index (χ4n) is 1.89. The van der Waals surface area contributed by atoms with Gasteiger partial charge in [0.2, 0.25) is 11.1 Å². The van der Waals surface area contributed by atoms with E-state index in [2.05, 4.69) is 10.2 Å². The Labute approximate surface area is 124 Å². The van der Waals surface area contributed by atoms with E-state index in [0.717, 1.165) is 11.8 Å². The Morgan fingerprint density at radius 1 is 1.38 bits per heavy atom. The van der Waals surface area contributed by atoms with E-state index in [4.69, 9.17) is 21.1 Å². The Morgan fingerprint density at radius 2 is 2.14 bits per heavy atom. The predicted octanol–water partition coefficient (Wildman–Crippen LogP) is 0.0818. The standard InChI is InChI=1S/C12H13N5O3S/c13-10(18)6-21-12-16-15-11(17(12)14)9-5-19-7-3-1-2-4-8(7)20-9/h1-4,9H,5-6,14H2,(H2,13,18)/t9-/m1/s1. The van der Waals surface area contributed by atoms with E-state index >= 15 is 0 Å². The van der Waals surface area contributed by atoms with Gasteiger partial charge in [0, 0.05) is 0 Å². The van der Waals surface area contributed by atoms with E-state index in [1.54, 1.807) is 0 Å². The van der Waals surface area contributed by atoms with Crippen molar-refractivity contribution in [2.75, 3.05) is 18.2 Å². The van der Waals surface area contributed by atoms with Crippen LogP contribution in [0.5, 0.6) is 11.5 Å². The summed E-state index contributed by atoms with van der Waals surface area (Å²) in [6, 6.07) is 7.35. The van der Waals surface area contributed by atoms with E-state index in [0.29, 0.717) is 22.5 Å². The van der Waals surface area contributed by atoms with Gasteiger partial charge in [0.05, 0.1) is 5.75 Å². The van der Waals surface area contributed by atoms with Crippen molar-refractivity contribution in [3.63, 3.8) is 0 Å². The Morgan fingerprint density at radius 3 is 2.90 bits per heavy atom. The van der Waals surface area contributed by atoms with Crippen molar-refractivity contribution in [2.24, 2.45) is 5.73 Å². The van der Waals surface area contributed by atoms with Gasteiger partial charge in [-0.15, -0.1) is 10.2 Å². The first kappa shape index (κ1) is 13.6. The average Bonchev–Trinajstić information content (AvgIpc) is 2.85. The summed E-state index contributed by atoms with van der Waals surface area (Å²) in [7, 11) is 0. The minimum Gasteiger partial charge on any atom is -0.485 e. The van der Waals surface area contributed by atoms with Crippen LogP contribution in [0.2, 0.25) is 0 Å². The molecule has 9 heteroatoms. The van der Waals surface area contributed by atoms with Gasteiger partial charge in [-0.05, 0) is 12.1 Å². The Bertz CT molecular complexity index is 675. The van der Waals surface area contributed by atoms with Crippen molar-refractivity contribution >= 4 is 17.7 Å². The van der Waals surface area contributed by atoms with Gasteiger partial charge in [-0.3, -0.25) is 4.79 Å². The fourth-order valence-corrected chi connectivity index (χ4v) is 2.49. The summed E-state index contributed by atoms with van der Waals surface area (Å²) in [5, 5.41) is 8.32. The largest absolute Gasteiger partial charge is 0.485 e. The molecule has 1 atom stereocenters. The van der Waals surface area contributed by atoms with Crippen molar-refractivity contribution in [3.05, 3.63) is 30.1 Å². The zero-order valence-electron chi connectivity index (χ0n) is 10.9. The van der Waals surface area contributed by atoms with Crippen molar-refractivity contribution in [3.8, 4) is 11.5 Å². The number of nitrogen functional groups attached to an aromatic ring is 1. The van der Waals surface area contributed by atoms with Crippen LogP contribution in [0.25, 0.3) is 0 Å². The van der Waals surface area contributed by atoms with Crippen LogP contribution in [0.1, 0.15) is 11.9 Å². The Hall–Kier alpha value is -2.42. The lowest BCUT2D eigenvalue weighted by molar-refractivity contribution is -0.115. The number of amides is 1. The summed E-state index contributed by atoms with van der Waals surface area (Å²) in [6.07, 6.45) is -0.458. The second kappa shape index (κ2) is 5.52. The van der Waals surface area contributed by atoms with Gasteiger partial charge in [0.25, 0.3) is 0 Å².